The summed E-state index contributed by atoms with van der Waals surface area (Å²) < 4.78 is 5.78. The molecule has 4 unspecified atom stereocenters. The molecule has 1 aromatic rings. The second kappa shape index (κ2) is 6.41. The van der Waals surface area contributed by atoms with Crippen molar-refractivity contribution in [1.82, 2.24) is 10.3 Å². The molecule has 0 amide bonds. The number of fused-ring (bicyclic) bond motifs is 2. The van der Waals surface area contributed by atoms with Gasteiger partial charge in [0, 0.05) is 31.4 Å². The summed E-state index contributed by atoms with van der Waals surface area (Å²) in [5.41, 5.74) is 4.17. The van der Waals surface area contributed by atoms with E-state index < -0.39 is 0 Å². The zero-order chi connectivity index (χ0) is 17.4. The normalized spacial score (nSPS) is 33.8. The van der Waals surface area contributed by atoms with Crippen LogP contribution in [0, 0.1) is 17.3 Å². The van der Waals surface area contributed by atoms with Gasteiger partial charge in [-0.1, -0.05) is 24.6 Å². The Kier molecular flexibility index (Phi) is 4.24. The van der Waals surface area contributed by atoms with Gasteiger partial charge >= 0.3 is 5.97 Å². The van der Waals surface area contributed by atoms with Crippen LogP contribution >= 0.6 is 0 Å². The Labute approximate surface area is 149 Å². The maximum Gasteiger partial charge on any atom is 0.311 e. The molecule has 0 aromatic carbocycles. The van der Waals surface area contributed by atoms with Crippen LogP contribution < -0.4 is 5.32 Å². The zero-order valence-corrected chi connectivity index (χ0v) is 15.0. The predicted molar refractivity (Wildman–Crippen MR) is 96.6 cm³/mol. The average Bonchev–Trinajstić information content (AvgIpc) is 2.88. The van der Waals surface area contributed by atoms with E-state index in [0.29, 0.717) is 6.54 Å². The molecule has 4 nitrogen and oxygen atoms in total. The maximum atomic E-state index is 12.5. The fourth-order valence-electron chi connectivity index (χ4n) is 4.73. The number of allylic oxidation sites excluding steroid dienone is 3. The monoisotopic (exact) mass is 338 g/mol. The number of nitrogens with one attached hydrogen (secondary N) is 1. The van der Waals surface area contributed by atoms with E-state index in [1.807, 2.05) is 12.1 Å². The zero-order valence-electron chi connectivity index (χ0n) is 15.0. The predicted octanol–water partition coefficient (Wildman–Crippen LogP) is 3.41. The van der Waals surface area contributed by atoms with E-state index >= 15 is 0 Å². The third-order valence-corrected chi connectivity index (χ3v) is 6.14. The van der Waals surface area contributed by atoms with Crippen molar-refractivity contribution in [2.75, 3.05) is 6.54 Å². The SMILES string of the molecule is CC1=CCCC2(C)CC3OC(=O)C(CNCc4ccncc4)C3C=C12. The van der Waals surface area contributed by atoms with Crippen molar-refractivity contribution in [2.24, 2.45) is 17.3 Å². The molecule has 4 atom stereocenters. The first kappa shape index (κ1) is 16.5. The fraction of sp³-hybridized carbons (Fsp3) is 0.524. The number of nitrogens with zero attached hydrogens (tertiary/aromatic N) is 1. The first-order valence-electron chi connectivity index (χ1n) is 9.26. The summed E-state index contributed by atoms with van der Waals surface area (Å²) in [6.45, 7) is 5.94. The number of aromatic nitrogens is 1. The molecule has 1 aromatic heterocycles. The largest absolute Gasteiger partial charge is 0.461 e. The van der Waals surface area contributed by atoms with Gasteiger partial charge in [0.25, 0.3) is 0 Å². The minimum Gasteiger partial charge on any atom is -0.461 e. The van der Waals surface area contributed by atoms with Gasteiger partial charge in [-0.25, -0.2) is 0 Å². The van der Waals surface area contributed by atoms with E-state index in [4.69, 9.17) is 4.74 Å². The molecule has 3 aliphatic rings. The van der Waals surface area contributed by atoms with E-state index in [2.05, 4.69) is 36.3 Å². The molecule has 1 saturated heterocycles. The Morgan fingerprint density at radius 2 is 2.16 bits per heavy atom. The molecule has 132 valence electrons. The summed E-state index contributed by atoms with van der Waals surface area (Å²) in [4.78, 5) is 16.5. The fourth-order valence-corrected chi connectivity index (χ4v) is 4.73. The second-order valence-electron chi connectivity index (χ2n) is 7.92. The van der Waals surface area contributed by atoms with Gasteiger partial charge in [-0.15, -0.1) is 0 Å². The van der Waals surface area contributed by atoms with Crippen LogP contribution in [0.4, 0.5) is 0 Å². The highest BCUT2D eigenvalue weighted by Crippen LogP contribution is 2.52. The van der Waals surface area contributed by atoms with E-state index in [1.54, 1.807) is 12.4 Å². The second-order valence-corrected chi connectivity index (χ2v) is 7.92. The summed E-state index contributed by atoms with van der Waals surface area (Å²) in [6.07, 6.45) is 11.6. The number of esters is 1. The minimum atomic E-state index is -0.0846. The van der Waals surface area contributed by atoms with Gasteiger partial charge in [-0.2, -0.15) is 0 Å². The van der Waals surface area contributed by atoms with Crippen LogP contribution in [0.15, 0.2) is 47.8 Å². The van der Waals surface area contributed by atoms with Gasteiger partial charge < -0.3 is 10.1 Å². The number of ether oxygens (including phenoxy) is 1. The number of carbonyl (C=O) groups excluding carboxylic acids is 1. The lowest BCUT2D eigenvalue weighted by Crippen LogP contribution is -2.38. The molecule has 2 aliphatic carbocycles. The summed E-state index contributed by atoms with van der Waals surface area (Å²) >= 11 is 0. The molecule has 1 fully saturated rings. The maximum absolute atomic E-state index is 12.5. The van der Waals surface area contributed by atoms with Gasteiger partial charge in [0.2, 0.25) is 0 Å². The van der Waals surface area contributed by atoms with Crippen molar-refractivity contribution < 1.29 is 9.53 Å². The summed E-state index contributed by atoms with van der Waals surface area (Å²) in [5.74, 6) is 0.0681. The molecule has 0 saturated carbocycles. The van der Waals surface area contributed by atoms with Crippen molar-refractivity contribution in [1.29, 1.82) is 0 Å². The number of carbonyl (C=O) groups is 1. The van der Waals surface area contributed by atoms with Crippen LogP contribution in [0.1, 0.15) is 38.7 Å². The van der Waals surface area contributed by atoms with Crippen molar-refractivity contribution in [3.63, 3.8) is 0 Å². The van der Waals surface area contributed by atoms with Crippen molar-refractivity contribution in [3.05, 3.63) is 53.4 Å². The third kappa shape index (κ3) is 3.04. The first-order valence-corrected chi connectivity index (χ1v) is 9.26. The highest BCUT2D eigenvalue weighted by Gasteiger charge is 2.50. The Balaban J connectivity index is 1.49. The molecule has 4 heteroatoms. The third-order valence-electron chi connectivity index (χ3n) is 6.14. The number of hydrogen-bond acceptors (Lipinski definition) is 4. The Bertz CT molecular complexity index is 725. The van der Waals surface area contributed by atoms with Crippen LogP contribution in [-0.2, 0) is 16.1 Å². The van der Waals surface area contributed by atoms with Crippen LogP contribution in [0.25, 0.3) is 0 Å². The van der Waals surface area contributed by atoms with Crippen LogP contribution in [0.3, 0.4) is 0 Å². The van der Waals surface area contributed by atoms with Crippen LogP contribution in [-0.4, -0.2) is 23.6 Å². The molecule has 0 radical (unpaired) electrons. The van der Waals surface area contributed by atoms with E-state index in [0.717, 1.165) is 25.8 Å². The average molecular weight is 338 g/mol. The highest BCUT2D eigenvalue weighted by atomic mass is 16.6. The Hall–Kier alpha value is -1.94. The Morgan fingerprint density at radius 3 is 2.96 bits per heavy atom. The summed E-state index contributed by atoms with van der Waals surface area (Å²) in [6, 6.07) is 3.99. The van der Waals surface area contributed by atoms with Gasteiger partial charge in [0.05, 0.1) is 5.92 Å². The quantitative estimate of drug-likeness (QED) is 0.855. The molecule has 0 spiro atoms. The highest BCUT2D eigenvalue weighted by molar-refractivity contribution is 5.76. The van der Waals surface area contributed by atoms with Crippen LogP contribution in [0.5, 0.6) is 0 Å². The van der Waals surface area contributed by atoms with Gasteiger partial charge in [0.15, 0.2) is 0 Å². The van der Waals surface area contributed by atoms with Crippen molar-refractivity contribution in [2.45, 2.75) is 45.8 Å². The first-order chi connectivity index (χ1) is 12.1. The number of pyridine rings is 1. The lowest BCUT2D eigenvalue weighted by Gasteiger charge is -2.42. The standard InChI is InChI=1S/C21H26N2O2/c1-14-4-3-7-21(2)11-19-16(10-18(14)21)17(20(24)25-19)13-23-12-15-5-8-22-9-6-15/h4-6,8-10,16-17,19,23H,3,7,11-13H2,1-2H3. The van der Waals surface area contributed by atoms with Gasteiger partial charge in [-0.3, -0.25) is 9.78 Å². The molecule has 2 heterocycles. The van der Waals surface area contributed by atoms with Gasteiger partial charge in [0.1, 0.15) is 6.10 Å². The van der Waals surface area contributed by atoms with E-state index in [9.17, 15) is 4.79 Å². The van der Waals surface area contributed by atoms with Gasteiger partial charge in [-0.05, 0) is 54.9 Å². The molecular weight excluding hydrogens is 312 g/mol. The molecular formula is C21H26N2O2. The molecule has 1 N–H and O–H groups in total. The summed E-state index contributed by atoms with van der Waals surface area (Å²) in [7, 11) is 0. The van der Waals surface area contributed by atoms with Crippen molar-refractivity contribution in [3.8, 4) is 0 Å². The van der Waals surface area contributed by atoms with Crippen LogP contribution in [0.2, 0.25) is 0 Å². The lowest BCUT2D eigenvalue weighted by atomic mass is 9.62. The van der Waals surface area contributed by atoms with Crippen molar-refractivity contribution >= 4 is 5.97 Å². The molecule has 4 rings (SSSR count). The van der Waals surface area contributed by atoms with E-state index in [-0.39, 0.29) is 29.3 Å². The smallest absolute Gasteiger partial charge is 0.311 e. The lowest BCUT2D eigenvalue weighted by molar-refractivity contribution is -0.145. The minimum absolute atomic E-state index is 0.0416. The summed E-state index contributed by atoms with van der Waals surface area (Å²) in [5, 5.41) is 3.43. The number of rotatable bonds is 4. The molecule has 1 aliphatic heterocycles. The van der Waals surface area contributed by atoms with E-state index in [1.165, 1.54) is 16.7 Å². The Morgan fingerprint density at radius 1 is 1.36 bits per heavy atom. The number of hydrogen-bond donors (Lipinski definition) is 1. The molecule has 25 heavy (non-hydrogen) atoms. The topological polar surface area (TPSA) is 51.2 Å². The molecule has 0 bridgehead atoms.